The number of hydrogen-bond donors (Lipinski definition) is 1. The Balaban J connectivity index is 2.14. The van der Waals surface area contributed by atoms with Gasteiger partial charge in [-0.3, -0.25) is 0 Å². The fraction of sp³-hybridized carbons (Fsp3) is 0.571. The van der Waals surface area contributed by atoms with Gasteiger partial charge in [-0.15, -0.1) is 0 Å². The average Bonchev–Trinajstić information content (AvgIpc) is 2.41. The smallest absolute Gasteiger partial charge is 0.0605 e. The number of hydrogen-bond acceptors (Lipinski definition) is 3. The summed E-state index contributed by atoms with van der Waals surface area (Å²) in [5.74, 6) is 0. The quantitative estimate of drug-likeness (QED) is 0.912. The summed E-state index contributed by atoms with van der Waals surface area (Å²) < 4.78 is 5.40. The molecule has 1 aromatic rings. The van der Waals surface area contributed by atoms with E-state index in [4.69, 9.17) is 22.1 Å². The molecule has 1 heterocycles. The van der Waals surface area contributed by atoms with Crippen molar-refractivity contribution in [1.82, 2.24) is 0 Å². The maximum absolute atomic E-state index is 6.11. The van der Waals surface area contributed by atoms with Crippen molar-refractivity contribution in [2.45, 2.75) is 25.4 Å². The lowest BCUT2D eigenvalue weighted by Crippen LogP contribution is -2.37. The molecule has 3 nitrogen and oxygen atoms in total. The van der Waals surface area contributed by atoms with E-state index in [2.05, 4.69) is 17.0 Å². The number of benzene rings is 1. The van der Waals surface area contributed by atoms with Crippen molar-refractivity contribution in [2.75, 3.05) is 31.6 Å². The molecule has 0 saturated carbocycles. The van der Waals surface area contributed by atoms with Crippen LogP contribution in [0, 0.1) is 0 Å². The van der Waals surface area contributed by atoms with Gasteiger partial charge >= 0.3 is 0 Å². The number of halogens is 1. The van der Waals surface area contributed by atoms with Gasteiger partial charge < -0.3 is 15.4 Å². The summed E-state index contributed by atoms with van der Waals surface area (Å²) >= 11 is 6.11. The summed E-state index contributed by atoms with van der Waals surface area (Å²) in [6.07, 6.45) is 3.45. The lowest BCUT2D eigenvalue weighted by molar-refractivity contribution is 0.0819. The van der Waals surface area contributed by atoms with Crippen LogP contribution in [-0.4, -0.2) is 32.8 Å². The van der Waals surface area contributed by atoms with Crippen LogP contribution in [0.1, 0.15) is 18.4 Å². The molecule has 1 saturated heterocycles. The Morgan fingerprint density at radius 1 is 1.39 bits per heavy atom. The van der Waals surface area contributed by atoms with Gasteiger partial charge in [-0.1, -0.05) is 17.7 Å². The number of ether oxygens (including phenoxy) is 1. The summed E-state index contributed by atoms with van der Waals surface area (Å²) in [7, 11) is 1.79. The third-order valence-electron chi connectivity index (χ3n) is 3.58. The first kappa shape index (κ1) is 13.7. The molecule has 0 aliphatic carbocycles. The van der Waals surface area contributed by atoms with Crippen LogP contribution in [0.15, 0.2) is 18.2 Å². The average molecular weight is 269 g/mol. The molecular formula is C14H21ClN2O. The van der Waals surface area contributed by atoms with Gasteiger partial charge in [-0.05, 0) is 43.5 Å². The van der Waals surface area contributed by atoms with Gasteiger partial charge in [0.1, 0.15) is 0 Å². The van der Waals surface area contributed by atoms with Gasteiger partial charge in [0, 0.05) is 30.9 Å². The van der Waals surface area contributed by atoms with E-state index in [1.807, 2.05) is 6.07 Å². The van der Waals surface area contributed by atoms with Crippen molar-refractivity contribution in [3.05, 3.63) is 28.8 Å². The van der Waals surface area contributed by atoms with E-state index >= 15 is 0 Å². The molecule has 2 rings (SSSR count). The van der Waals surface area contributed by atoms with E-state index in [-0.39, 0.29) is 0 Å². The molecule has 0 amide bonds. The van der Waals surface area contributed by atoms with Crippen molar-refractivity contribution >= 4 is 17.3 Å². The van der Waals surface area contributed by atoms with E-state index in [9.17, 15) is 0 Å². The van der Waals surface area contributed by atoms with E-state index in [0.29, 0.717) is 12.6 Å². The van der Waals surface area contributed by atoms with Crippen molar-refractivity contribution in [3.63, 3.8) is 0 Å². The van der Waals surface area contributed by atoms with Crippen LogP contribution in [0.3, 0.4) is 0 Å². The van der Waals surface area contributed by atoms with Gasteiger partial charge in [0.25, 0.3) is 0 Å². The SMILES string of the molecule is COC1CCN(c2cc(Cl)ccc2CCN)CC1. The predicted octanol–water partition coefficient (Wildman–Crippen LogP) is 2.46. The highest BCUT2D eigenvalue weighted by Crippen LogP contribution is 2.28. The van der Waals surface area contributed by atoms with Crippen molar-refractivity contribution in [3.8, 4) is 0 Å². The van der Waals surface area contributed by atoms with Gasteiger partial charge in [0.15, 0.2) is 0 Å². The molecule has 4 heteroatoms. The van der Waals surface area contributed by atoms with E-state index in [1.54, 1.807) is 7.11 Å². The second-order valence-electron chi connectivity index (χ2n) is 4.73. The first-order valence-electron chi connectivity index (χ1n) is 6.51. The Bertz CT molecular complexity index is 389. The molecule has 100 valence electrons. The predicted molar refractivity (Wildman–Crippen MR) is 76.5 cm³/mol. The number of rotatable bonds is 4. The fourth-order valence-electron chi connectivity index (χ4n) is 2.53. The highest BCUT2D eigenvalue weighted by Gasteiger charge is 2.20. The first-order valence-corrected chi connectivity index (χ1v) is 6.88. The number of nitrogens with zero attached hydrogens (tertiary/aromatic N) is 1. The van der Waals surface area contributed by atoms with Crippen LogP contribution in [0.2, 0.25) is 5.02 Å². The Hall–Kier alpha value is -0.770. The summed E-state index contributed by atoms with van der Waals surface area (Å²) in [5.41, 5.74) is 8.20. The Morgan fingerprint density at radius 3 is 2.72 bits per heavy atom. The van der Waals surface area contributed by atoms with E-state index in [1.165, 1.54) is 11.3 Å². The highest BCUT2D eigenvalue weighted by molar-refractivity contribution is 6.30. The zero-order valence-electron chi connectivity index (χ0n) is 10.9. The largest absolute Gasteiger partial charge is 0.381 e. The van der Waals surface area contributed by atoms with Gasteiger partial charge in [-0.2, -0.15) is 0 Å². The highest BCUT2D eigenvalue weighted by atomic mass is 35.5. The van der Waals surface area contributed by atoms with Gasteiger partial charge in [0.2, 0.25) is 0 Å². The minimum atomic E-state index is 0.401. The van der Waals surface area contributed by atoms with Crippen molar-refractivity contribution in [1.29, 1.82) is 0 Å². The van der Waals surface area contributed by atoms with Gasteiger partial charge in [-0.25, -0.2) is 0 Å². The zero-order chi connectivity index (χ0) is 13.0. The third-order valence-corrected chi connectivity index (χ3v) is 3.81. The summed E-state index contributed by atoms with van der Waals surface area (Å²) in [4.78, 5) is 2.40. The molecule has 0 bridgehead atoms. The Labute approximate surface area is 114 Å². The molecule has 1 aromatic carbocycles. The number of nitrogens with two attached hydrogens (primary N) is 1. The summed E-state index contributed by atoms with van der Waals surface area (Å²) in [5, 5.41) is 0.791. The zero-order valence-corrected chi connectivity index (χ0v) is 11.6. The summed E-state index contributed by atoms with van der Waals surface area (Å²) in [6, 6.07) is 6.09. The van der Waals surface area contributed by atoms with Crippen molar-refractivity contribution in [2.24, 2.45) is 5.73 Å². The molecule has 1 aliphatic heterocycles. The number of anilines is 1. The van der Waals surface area contributed by atoms with Crippen LogP contribution in [0.5, 0.6) is 0 Å². The lowest BCUT2D eigenvalue weighted by atomic mass is 10.0. The monoisotopic (exact) mass is 268 g/mol. The standard InChI is InChI=1S/C14H21ClN2O/c1-18-13-5-8-17(9-6-13)14-10-12(15)3-2-11(14)4-7-16/h2-3,10,13H,4-9,16H2,1H3. The Kier molecular flexibility index (Phi) is 4.87. The Morgan fingerprint density at radius 2 is 2.11 bits per heavy atom. The molecule has 0 unspecified atom stereocenters. The van der Waals surface area contributed by atoms with Crippen LogP contribution < -0.4 is 10.6 Å². The van der Waals surface area contributed by atoms with Crippen LogP contribution in [-0.2, 0) is 11.2 Å². The minimum Gasteiger partial charge on any atom is -0.381 e. The fourth-order valence-corrected chi connectivity index (χ4v) is 2.70. The molecule has 2 N–H and O–H groups in total. The molecule has 1 fully saturated rings. The number of piperidine rings is 1. The molecule has 0 radical (unpaired) electrons. The topological polar surface area (TPSA) is 38.5 Å². The van der Waals surface area contributed by atoms with Gasteiger partial charge in [0.05, 0.1) is 6.10 Å². The van der Waals surface area contributed by atoms with E-state index in [0.717, 1.165) is 37.4 Å². The third kappa shape index (κ3) is 3.16. The normalized spacial score (nSPS) is 17.2. The maximum atomic E-state index is 6.11. The van der Waals surface area contributed by atoms with Crippen LogP contribution >= 0.6 is 11.6 Å². The second kappa shape index (κ2) is 6.41. The molecule has 0 spiro atoms. The van der Waals surface area contributed by atoms with Crippen LogP contribution in [0.4, 0.5) is 5.69 Å². The first-order chi connectivity index (χ1) is 8.74. The van der Waals surface area contributed by atoms with Crippen LogP contribution in [0.25, 0.3) is 0 Å². The molecule has 0 atom stereocenters. The molecule has 0 aromatic heterocycles. The second-order valence-corrected chi connectivity index (χ2v) is 5.17. The molecule has 18 heavy (non-hydrogen) atoms. The van der Waals surface area contributed by atoms with Crippen molar-refractivity contribution < 1.29 is 4.74 Å². The lowest BCUT2D eigenvalue weighted by Gasteiger charge is -2.34. The summed E-state index contributed by atoms with van der Waals surface area (Å²) in [6.45, 7) is 2.72. The molecule has 1 aliphatic rings. The number of methoxy groups -OCH3 is 1. The minimum absolute atomic E-state index is 0.401. The van der Waals surface area contributed by atoms with E-state index < -0.39 is 0 Å². The maximum Gasteiger partial charge on any atom is 0.0605 e. The molecular weight excluding hydrogens is 248 g/mol.